The lowest BCUT2D eigenvalue weighted by Gasteiger charge is -2.37. The molecule has 10 rings (SSSR count). The van der Waals surface area contributed by atoms with Gasteiger partial charge < -0.3 is 8.85 Å². The summed E-state index contributed by atoms with van der Waals surface area (Å²) in [7, 11) is -6.64. The second-order valence-electron chi connectivity index (χ2n) is 15.3. The van der Waals surface area contributed by atoms with Gasteiger partial charge in [0.1, 0.15) is 11.5 Å². The van der Waals surface area contributed by atoms with Crippen LogP contribution in [0.3, 0.4) is 0 Å². The van der Waals surface area contributed by atoms with Crippen molar-refractivity contribution in [1.29, 1.82) is 0 Å². The van der Waals surface area contributed by atoms with E-state index in [1.165, 1.54) is 0 Å². The molecule has 0 aliphatic heterocycles. The summed E-state index contributed by atoms with van der Waals surface area (Å²) in [5.41, 5.74) is 1.84. The lowest BCUT2D eigenvalue weighted by atomic mass is 9.96. The molecule has 0 radical (unpaired) electrons. The van der Waals surface area contributed by atoms with Crippen molar-refractivity contribution in [2.24, 2.45) is 0 Å². The number of hydrogen-bond acceptors (Lipinski definition) is 2. The van der Waals surface area contributed by atoms with E-state index in [1.807, 2.05) is 0 Å². The van der Waals surface area contributed by atoms with Gasteiger partial charge in [-0.2, -0.15) is 0 Å². The lowest BCUT2D eigenvalue weighted by molar-refractivity contribution is 0.577. The molecule has 0 aromatic heterocycles. The molecule has 6 heteroatoms. The SMILES string of the molecule is Brc1c(-c2ccc3ccccc3c2O[Si](c2ccccc2)(c2ccccc2)c2ccccc2)c(O[Si](c2ccccc2)(c2ccccc2)c2ccccc2)c2ccccc2c1Br. The van der Waals surface area contributed by atoms with Gasteiger partial charge in [-0.25, -0.2) is 0 Å². The van der Waals surface area contributed by atoms with Gasteiger partial charge in [0.05, 0.1) is 0 Å². The Morgan fingerprint density at radius 2 is 0.597 bits per heavy atom. The fraction of sp³-hybridized carbons (Fsp3) is 0. The van der Waals surface area contributed by atoms with Gasteiger partial charge in [-0.1, -0.05) is 237 Å². The first-order valence-corrected chi connectivity index (χ1v) is 26.1. The van der Waals surface area contributed by atoms with Crippen LogP contribution in [0.15, 0.2) is 252 Å². The highest BCUT2D eigenvalue weighted by molar-refractivity contribution is 9.13. The van der Waals surface area contributed by atoms with Gasteiger partial charge in [-0.3, -0.25) is 0 Å². The smallest absolute Gasteiger partial charge is 0.346 e. The van der Waals surface area contributed by atoms with E-state index in [0.29, 0.717) is 0 Å². The summed E-state index contributed by atoms with van der Waals surface area (Å²) >= 11 is 8.32. The van der Waals surface area contributed by atoms with Gasteiger partial charge in [0.25, 0.3) is 0 Å². The number of benzene rings is 10. The van der Waals surface area contributed by atoms with Crippen LogP contribution in [0.25, 0.3) is 32.7 Å². The van der Waals surface area contributed by atoms with Gasteiger partial charge >= 0.3 is 16.6 Å². The third kappa shape index (κ3) is 6.93. The molecule has 0 amide bonds. The monoisotopic (exact) mass is 958 g/mol. The Balaban J connectivity index is 1.33. The average molecular weight is 961 g/mol. The molecule has 10 aromatic rings. The van der Waals surface area contributed by atoms with E-state index in [1.54, 1.807) is 0 Å². The Labute approximate surface area is 381 Å². The first-order valence-electron chi connectivity index (χ1n) is 20.7. The van der Waals surface area contributed by atoms with Crippen molar-refractivity contribution in [1.82, 2.24) is 0 Å². The van der Waals surface area contributed by atoms with E-state index < -0.39 is 16.6 Å². The summed E-state index contributed by atoms with van der Waals surface area (Å²) < 4.78 is 18.2. The minimum Gasteiger partial charge on any atom is -0.529 e. The molecule has 0 atom stereocenters. The fourth-order valence-corrected chi connectivity index (χ4v) is 17.8. The van der Waals surface area contributed by atoms with Crippen LogP contribution >= 0.6 is 31.9 Å². The molecule has 0 bridgehead atoms. The van der Waals surface area contributed by atoms with Crippen LogP contribution in [0, 0.1) is 0 Å². The molecule has 10 aromatic carbocycles. The van der Waals surface area contributed by atoms with Gasteiger partial charge in [-0.05, 0) is 74.4 Å². The van der Waals surface area contributed by atoms with Crippen molar-refractivity contribution < 1.29 is 8.85 Å². The molecule has 62 heavy (non-hydrogen) atoms. The molecule has 0 fully saturated rings. The third-order valence-electron chi connectivity index (χ3n) is 11.8. The van der Waals surface area contributed by atoms with Crippen LogP contribution in [0.1, 0.15) is 0 Å². The van der Waals surface area contributed by atoms with Crippen molar-refractivity contribution in [3.8, 4) is 22.6 Å². The zero-order valence-electron chi connectivity index (χ0n) is 33.7. The maximum atomic E-state index is 8.19. The van der Waals surface area contributed by atoms with Gasteiger partial charge in [0.2, 0.25) is 0 Å². The predicted molar refractivity (Wildman–Crippen MR) is 272 cm³/mol. The third-order valence-corrected chi connectivity index (χ3v) is 21.8. The van der Waals surface area contributed by atoms with E-state index in [2.05, 4.69) is 275 Å². The first kappa shape index (κ1) is 39.8. The fourth-order valence-electron chi connectivity index (χ4n) is 8.93. The zero-order chi connectivity index (χ0) is 41.9. The summed E-state index contributed by atoms with van der Waals surface area (Å²) in [5.74, 6) is 1.58. The minimum atomic E-state index is -3.33. The highest BCUT2D eigenvalue weighted by Gasteiger charge is 2.47. The molecule has 0 aliphatic rings. The van der Waals surface area contributed by atoms with Crippen LogP contribution in [0.2, 0.25) is 0 Å². The number of halogens is 2. The molecule has 298 valence electrons. The lowest BCUT2D eigenvalue weighted by Crippen LogP contribution is -2.71. The quantitative estimate of drug-likeness (QED) is 0.0950. The van der Waals surface area contributed by atoms with E-state index in [-0.39, 0.29) is 0 Å². The Kier molecular flexibility index (Phi) is 11.1. The summed E-state index contributed by atoms with van der Waals surface area (Å²) in [4.78, 5) is 0. The molecule has 0 N–H and O–H groups in total. The normalized spacial score (nSPS) is 11.7. The van der Waals surface area contributed by atoms with Crippen LogP contribution in [-0.2, 0) is 0 Å². The van der Waals surface area contributed by atoms with Crippen molar-refractivity contribution in [3.63, 3.8) is 0 Å². The average Bonchev–Trinajstić information content (AvgIpc) is 3.36. The van der Waals surface area contributed by atoms with Crippen molar-refractivity contribution in [3.05, 3.63) is 252 Å². The Bertz CT molecular complexity index is 2940. The molecule has 0 saturated carbocycles. The Morgan fingerprint density at radius 3 is 1.00 bits per heavy atom. The standard InChI is InChI=1S/C56H40Br2O2Si2/c57-53-49-37-21-22-38-50(49)56(60-62(45-30-13-4-14-31-45,46-32-15-5-16-33-46)47-34-17-6-18-35-47)52(54(53)58)51-40-39-41-23-19-20-36-48(41)55(51)59-61(42-24-7-1-8-25-42,43-26-9-2-10-27-43)44-28-11-3-12-29-44/h1-40H. The van der Waals surface area contributed by atoms with Crippen molar-refractivity contribution >= 4 is 101 Å². The molecular weight excluding hydrogens is 921 g/mol. The van der Waals surface area contributed by atoms with Crippen LogP contribution in [0.5, 0.6) is 11.5 Å². The molecule has 0 saturated heterocycles. The number of hydrogen-bond donors (Lipinski definition) is 0. The molecule has 0 aliphatic carbocycles. The van der Waals surface area contributed by atoms with E-state index in [9.17, 15) is 0 Å². The number of fused-ring (bicyclic) bond motifs is 2. The van der Waals surface area contributed by atoms with Crippen molar-refractivity contribution in [2.75, 3.05) is 0 Å². The first-order chi connectivity index (χ1) is 30.6. The molecular formula is C56H40Br2O2Si2. The van der Waals surface area contributed by atoms with Gasteiger partial charge in [0.15, 0.2) is 0 Å². The largest absolute Gasteiger partial charge is 0.529 e. The van der Waals surface area contributed by atoms with Crippen LogP contribution in [-0.4, -0.2) is 16.6 Å². The maximum Gasteiger partial charge on any atom is 0.346 e. The molecule has 0 spiro atoms. The Hall–Kier alpha value is -6.29. The maximum absolute atomic E-state index is 8.19. The van der Waals surface area contributed by atoms with E-state index in [4.69, 9.17) is 8.85 Å². The molecule has 0 heterocycles. The minimum absolute atomic E-state index is 0.783. The summed E-state index contributed by atoms with van der Waals surface area (Å²) in [6.45, 7) is 0. The summed E-state index contributed by atoms with van der Waals surface area (Å²) in [6.07, 6.45) is 0. The zero-order valence-corrected chi connectivity index (χ0v) is 38.8. The second kappa shape index (κ2) is 17.2. The highest BCUT2D eigenvalue weighted by Crippen LogP contribution is 2.52. The van der Waals surface area contributed by atoms with Gasteiger partial charge in [-0.15, -0.1) is 0 Å². The predicted octanol–water partition coefficient (Wildman–Crippen LogP) is 11.3. The Morgan fingerprint density at radius 1 is 0.274 bits per heavy atom. The van der Waals surface area contributed by atoms with Crippen LogP contribution < -0.4 is 40.0 Å². The number of rotatable bonds is 11. The molecule has 0 unspecified atom stereocenters. The van der Waals surface area contributed by atoms with E-state index >= 15 is 0 Å². The van der Waals surface area contributed by atoms with Crippen molar-refractivity contribution in [2.45, 2.75) is 0 Å². The highest BCUT2D eigenvalue weighted by atomic mass is 79.9. The summed E-state index contributed by atoms with van der Waals surface area (Å²) in [5, 5.41) is 11.0. The molecule has 2 nitrogen and oxygen atoms in total. The van der Waals surface area contributed by atoms with Gasteiger partial charge in [0, 0.05) is 36.2 Å². The van der Waals surface area contributed by atoms with Crippen LogP contribution in [0.4, 0.5) is 0 Å². The topological polar surface area (TPSA) is 18.5 Å². The van der Waals surface area contributed by atoms with E-state index in [0.717, 1.165) is 84.2 Å². The summed E-state index contributed by atoms with van der Waals surface area (Å²) in [6, 6.07) is 86.3. The second-order valence-corrected chi connectivity index (χ2v) is 23.5.